The van der Waals surface area contributed by atoms with Crippen molar-refractivity contribution in [1.29, 1.82) is 0 Å². The highest BCUT2D eigenvalue weighted by Gasteiger charge is 2.23. The van der Waals surface area contributed by atoms with Crippen LogP contribution in [0.4, 0.5) is 0 Å². The summed E-state index contributed by atoms with van der Waals surface area (Å²) < 4.78 is 11.7. The van der Waals surface area contributed by atoms with E-state index >= 15 is 0 Å². The van der Waals surface area contributed by atoms with Gasteiger partial charge in [-0.15, -0.1) is 0 Å². The number of para-hydroxylation sites is 2. The molecule has 0 atom stereocenters. The quantitative estimate of drug-likeness (QED) is 0.156. The van der Waals surface area contributed by atoms with E-state index in [-0.39, 0.29) is 0 Å². The Morgan fingerprint density at radius 2 is 0.639 bits per heavy atom. The lowest BCUT2D eigenvalue weighted by Gasteiger charge is -2.14. The molecule has 0 aliphatic carbocycles. The lowest BCUT2D eigenvalue weighted by atomic mass is 9.92. The van der Waals surface area contributed by atoms with Crippen molar-refractivity contribution < 1.29 is 4.42 Å². The summed E-state index contributed by atoms with van der Waals surface area (Å²) in [5.41, 5.74) is 16.1. The summed E-state index contributed by atoms with van der Waals surface area (Å²) in [6, 6.07) is 104. The molecule has 0 saturated heterocycles. The molecule has 18 rings (SSSR count). The van der Waals surface area contributed by atoms with E-state index in [1.165, 1.54) is 103 Å². The number of benzene rings is 15. The molecule has 0 amide bonds. The van der Waals surface area contributed by atoms with Crippen LogP contribution in [0.3, 0.4) is 0 Å². The van der Waals surface area contributed by atoms with Gasteiger partial charge in [0.05, 0.1) is 22.1 Å². The Kier molecular flexibility index (Phi) is 9.77. The van der Waals surface area contributed by atoms with Gasteiger partial charge in [0.25, 0.3) is 0 Å². The Bertz CT molecular complexity index is 5660. The molecule has 384 valence electrons. The lowest BCUT2D eigenvalue weighted by molar-refractivity contribution is 0.622. The monoisotopic (exact) mass is 1050 g/mol. The van der Waals surface area contributed by atoms with E-state index in [2.05, 4.69) is 276 Å². The van der Waals surface area contributed by atoms with Crippen molar-refractivity contribution in [3.8, 4) is 56.2 Å². The van der Waals surface area contributed by atoms with Crippen LogP contribution in [0.5, 0.6) is 0 Å². The minimum Gasteiger partial charge on any atom is -0.434 e. The number of hydrogen-bond donors (Lipinski definition) is 0. The number of oxazole rings is 1. The zero-order valence-corrected chi connectivity index (χ0v) is 44.9. The summed E-state index contributed by atoms with van der Waals surface area (Å²) >= 11 is 0. The molecule has 4 nitrogen and oxygen atoms in total. The molecule has 0 aliphatic heterocycles. The maximum absolute atomic E-state index is 6.88. The molecular formula is C79H47N3O. The SMILES string of the molecule is c1ccc(-c2nc3ccc4c5cc(-c6cccc7c8ccccc8n(-c8ccc(-c9ccc%10c%11ccccc%11c%11ccccc%11c%10c9)cc8)c67)ccc5n(-c5ccc(-c6ccc7c8ccccc8c8ccccc8c7c6)cc5)c4c3o2)cc1. The molecule has 4 heteroatoms. The van der Waals surface area contributed by atoms with Gasteiger partial charge in [0.1, 0.15) is 5.52 Å². The summed E-state index contributed by atoms with van der Waals surface area (Å²) in [6.45, 7) is 0. The third-order valence-electron chi connectivity index (χ3n) is 17.7. The van der Waals surface area contributed by atoms with Gasteiger partial charge in [-0.2, -0.15) is 0 Å². The molecule has 0 saturated carbocycles. The maximum Gasteiger partial charge on any atom is 0.227 e. The van der Waals surface area contributed by atoms with Crippen LogP contribution in [0.15, 0.2) is 290 Å². The van der Waals surface area contributed by atoms with Crippen LogP contribution in [0.1, 0.15) is 0 Å². The van der Waals surface area contributed by atoms with E-state index in [9.17, 15) is 0 Å². The molecule has 0 radical (unpaired) electrons. The third kappa shape index (κ3) is 6.84. The Morgan fingerprint density at radius 3 is 1.19 bits per heavy atom. The van der Waals surface area contributed by atoms with Gasteiger partial charge >= 0.3 is 0 Å². The highest BCUT2D eigenvalue weighted by Crippen LogP contribution is 2.45. The molecule has 0 aliphatic rings. The first-order valence-electron chi connectivity index (χ1n) is 28.5. The van der Waals surface area contributed by atoms with Crippen LogP contribution in [0.25, 0.3) is 176 Å². The average Bonchev–Trinajstić information content (AvgIpc) is 3.22. The fourth-order valence-corrected chi connectivity index (χ4v) is 13.9. The predicted molar refractivity (Wildman–Crippen MR) is 349 cm³/mol. The van der Waals surface area contributed by atoms with Crippen molar-refractivity contribution in [2.45, 2.75) is 0 Å². The van der Waals surface area contributed by atoms with Crippen molar-refractivity contribution in [2.75, 3.05) is 0 Å². The average molecular weight is 1050 g/mol. The Hall–Kier alpha value is -11.1. The first-order chi connectivity index (χ1) is 41.2. The van der Waals surface area contributed by atoms with Gasteiger partial charge in [0.2, 0.25) is 5.89 Å². The fraction of sp³-hybridized carbons (Fsp3) is 0. The maximum atomic E-state index is 6.88. The van der Waals surface area contributed by atoms with Gasteiger partial charge in [-0.05, 0) is 171 Å². The molecular weight excluding hydrogens is 1010 g/mol. The minimum atomic E-state index is 0.602. The third-order valence-corrected chi connectivity index (χ3v) is 17.7. The smallest absolute Gasteiger partial charge is 0.227 e. The molecule has 83 heavy (non-hydrogen) atoms. The Morgan fingerprint density at radius 1 is 0.241 bits per heavy atom. The first-order valence-corrected chi connectivity index (χ1v) is 28.5. The van der Waals surface area contributed by atoms with E-state index in [0.717, 1.165) is 66.5 Å². The Labute approximate surface area is 476 Å². The normalized spacial score (nSPS) is 12.1. The zero-order valence-electron chi connectivity index (χ0n) is 44.9. The molecule has 0 N–H and O–H groups in total. The van der Waals surface area contributed by atoms with E-state index in [1.54, 1.807) is 0 Å². The zero-order chi connectivity index (χ0) is 54.3. The molecule has 0 fully saturated rings. The standard InChI is InChI=1S/C79H47N3O/c1-2-15-50(16-3-1)79-80-73-43-42-69-72-47-53(35-44-75(72)82(77(69)78(73)83-79)55-38-31-49(32-39-55)52-34-41-66-62-22-7-5-18-58(62)60-20-9-11-24-64(60)71(66)46-52)56-26-14-27-68-67-25-12-13-28-74(67)81(76(56)68)54-36-29-48(30-37-54)51-33-40-65-61-21-6-4-17-57(61)59-19-8-10-23-63(59)70(65)45-51/h1-47H. The second kappa shape index (κ2) is 17.7. The Balaban J connectivity index is 0.788. The molecule has 0 unspecified atom stereocenters. The fourth-order valence-electron chi connectivity index (χ4n) is 13.9. The minimum absolute atomic E-state index is 0.602. The van der Waals surface area contributed by atoms with E-state index in [4.69, 9.17) is 9.40 Å². The number of hydrogen-bond acceptors (Lipinski definition) is 2. The van der Waals surface area contributed by atoms with E-state index in [0.29, 0.717) is 5.89 Å². The topological polar surface area (TPSA) is 35.9 Å². The summed E-state index contributed by atoms with van der Waals surface area (Å²) in [4.78, 5) is 5.09. The van der Waals surface area contributed by atoms with Crippen LogP contribution in [-0.2, 0) is 0 Å². The van der Waals surface area contributed by atoms with Crippen molar-refractivity contribution in [1.82, 2.24) is 14.1 Å². The van der Waals surface area contributed by atoms with Crippen molar-refractivity contribution >= 4 is 119 Å². The van der Waals surface area contributed by atoms with Crippen LogP contribution in [0, 0.1) is 0 Å². The molecule has 18 aromatic rings. The van der Waals surface area contributed by atoms with Crippen molar-refractivity contribution in [3.63, 3.8) is 0 Å². The molecule has 15 aromatic carbocycles. The number of aromatic nitrogens is 3. The van der Waals surface area contributed by atoms with Gasteiger partial charge in [-0.1, -0.05) is 206 Å². The molecule has 3 heterocycles. The van der Waals surface area contributed by atoms with Crippen LogP contribution >= 0.6 is 0 Å². The van der Waals surface area contributed by atoms with Crippen LogP contribution in [0.2, 0.25) is 0 Å². The molecule has 0 bridgehead atoms. The second-order valence-electron chi connectivity index (χ2n) is 22.1. The van der Waals surface area contributed by atoms with Gasteiger partial charge in [0.15, 0.2) is 5.58 Å². The largest absolute Gasteiger partial charge is 0.434 e. The lowest BCUT2D eigenvalue weighted by Crippen LogP contribution is -1.96. The van der Waals surface area contributed by atoms with Crippen LogP contribution in [-0.4, -0.2) is 14.1 Å². The molecule has 3 aromatic heterocycles. The summed E-state index contributed by atoms with van der Waals surface area (Å²) in [5.74, 6) is 0.602. The summed E-state index contributed by atoms with van der Waals surface area (Å²) in [6.07, 6.45) is 0. The number of fused-ring (bicyclic) bond motifs is 20. The highest BCUT2D eigenvalue weighted by molar-refractivity contribution is 6.27. The predicted octanol–water partition coefficient (Wildman–Crippen LogP) is 21.6. The van der Waals surface area contributed by atoms with Gasteiger partial charge in [-0.25, -0.2) is 4.98 Å². The van der Waals surface area contributed by atoms with Gasteiger partial charge in [-0.3, -0.25) is 0 Å². The second-order valence-corrected chi connectivity index (χ2v) is 22.1. The van der Waals surface area contributed by atoms with Crippen molar-refractivity contribution in [2.24, 2.45) is 0 Å². The van der Waals surface area contributed by atoms with Crippen molar-refractivity contribution in [3.05, 3.63) is 285 Å². The number of rotatable bonds is 6. The molecule has 0 spiro atoms. The highest BCUT2D eigenvalue weighted by atomic mass is 16.3. The van der Waals surface area contributed by atoms with Crippen LogP contribution < -0.4 is 0 Å². The number of nitrogens with zero attached hydrogens (tertiary/aromatic N) is 3. The van der Waals surface area contributed by atoms with Gasteiger partial charge in [0, 0.05) is 44.0 Å². The first kappa shape index (κ1) is 45.8. The van der Waals surface area contributed by atoms with E-state index < -0.39 is 0 Å². The summed E-state index contributed by atoms with van der Waals surface area (Å²) in [5, 5.41) is 20.0. The van der Waals surface area contributed by atoms with Gasteiger partial charge < -0.3 is 13.6 Å². The summed E-state index contributed by atoms with van der Waals surface area (Å²) in [7, 11) is 0. The van der Waals surface area contributed by atoms with E-state index in [1.807, 2.05) is 18.2 Å².